The first-order valence-electron chi connectivity index (χ1n) is 9.57. The molecule has 2 heterocycles. The summed E-state index contributed by atoms with van der Waals surface area (Å²) in [6.45, 7) is 5.93. The van der Waals surface area contributed by atoms with E-state index in [2.05, 4.69) is 13.8 Å². The average Bonchev–Trinajstić information content (AvgIpc) is 3.17. The van der Waals surface area contributed by atoms with Crippen LogP contribution in [0.5, 0.6) is 0 Å². The molecular formula is C19H30ClN3O4S. The molecule has 3 rings (SSSR count). The van der Waals surface area contributed by atoms with Crippen molar-refractivity contribution < 1.29 is 17.9 Å². The largest absolute Gasteiger partial charge is 0.364 e. The van der Waals surface area contributed by atoms with Crippen LogP contribution in [0, 0.1) is 0 Å². The van der Waals surface area contributed by atoms with Gasteiger partial charge in [-0.15, -0.1) is 12.4 Å². The first-order valence-corrected chi connectivity index (χ1v) is 11.0. The van der Waals surface area contributed by atoms with Crippen LogP contribution in [-0.4, -0.2) is 68.5 Å². The van der Waals surface area contributed by atoms with Gasteiger partial charge >= 0.3 is 0 Å². The summed E-state index contributed by atoms with van der Waals surface area (Å²) < 4.78 is 32.9. The Morgan fingerprint density at radius 2 is 1.75 bits per heavy atom. The van der Waals surface area contributed by atoms with Crippen molar-refractivity contribution in [2.45, 2.75) is 49.7 Å². The second kappa shape index (κ2) is 9.54. The van der Waals surface area contributed by atoms with Crippen LogP contribution in [0.4, 0.5) is 0 Å². The normalized spacial score (nSPS) is 23.6. The molecule has 1 amide bonds. The molecule has 28 heavy (non-hydrogen) atoms. The molecule has 0 bridgehead atoms. The van der Waals surface area contributed by atoms with Gasteiger partial charge in [0.2, 0.25) is 10.0 Å². The number of hydrogen-bond acceptors (Lipinski definition) is 5. The van der Waals surface area contributed by atoms with Crippen molar-refractivity contribution in [3.8, 4) is 0 Å². The Bertz CT molecular complexity index is 762. The minimum absolute atomic E-state index is 0. The van der Waals surface area contributed by atoms with Crippen molar-refractivity contribution in [2.24, 2.45) is 5.73 Å². The third-order valence-corrected chi connectivity index (χ3v) is 7.29. The maximum Gasteiger partial charge on any atom is 0.251 e. The fourth-order valence-electron chi connectivity index (χ4n) is 3.59. The Kier molecular flexibility index (Phi) is 7.87. The zero-order valence-corrected chi connectivity index (χ0v) is 18.0. The van der Waals surface area contributed by atoms with E-state index in [0.29, 0.717) is 50.0 Å². The van der Waals surface area contributed by atoms with E-state index < -0.39 is 16.1 Å². The fourth-order valence-corrected chi connectivity index (χ4v) is 5.01. The molecule has 2 atom stereocenters. The topological polar surface area (TPSA) is 92.9 Å². The van der Waals surface area contributed by atoms with Crippen LogP contribution in [0.1, 0.15) is 38.2 Å². The molecule has 2 aliphatic rings. The van der Waals surface area contributed by atoms with E-state index in [1.54, 1.807) is 17.0 Å². The lowest BCUT2D eigenvalue weighted by atomic mass is 10.0. The summed E-state index contributed by atoms with van der Waals surface area (Å²) in [7, 11) is -3.54. The third kappa shape index (κ3) is 4.86. The number of carbonyl (C=O) groups excluding carboxylic acids is 1. The maximum atomic E-state index is 12.9. The summed E-state index contributed by atoms with van der Waals surface area (Å²) in [6, 6.07) is 7.06. The highest BCUT2D eigenvalue weighted by Gasteiger charge is 2.36. The number of amides is 1. The summed E-state index contributed by atoms with van der Waals surface area (Å²) in [5.41, 5.74) is 6.71. The van der Waals surface area contributed by atoms with E-state index in [1.807, 2.05) is 12.1 Å². The van der Waals surface area contributed by atoms with Gasteiger partial charge in [-0.2, -0.15) is 4.31 Å². The summed E-state index contributed by atoms with van der Waals surface area (Å²) >= 11 is 0. The molecule has 0 saturated carbocycles. The number of benzene rings is 1. The first kappa shape index (κ1) is 23.1. The molecule has 0 spiro atoms. The van der Waals surface area contributed by atoms with Gasteiger partial charge in [-0.1, -0.05) is 26.0 Å². The minimum Gasteiger partial charge on any atom is -0.364 e. The van der Waals surface area contributed by atoms with Crippen molar-refractivity contribution >= 4 is 28.3 Å². The molecule has 0 unspecified atom stereocenters. The first-order chi connectivity index (χ1) is 12.8. The van der Waals surface area contributed by atoms with E-state index in [1.165, 1.54) is 4.31 Å². The number of halogens is 1. The van der Waals surface area contributed by atoms with E-state index in [9.17, 15) is 13.2 Å². The highest BCUT2D eigenvalue weighted by atomic mass is 35.5. The molecule has 1 aromatic carbocycles. The molecule has 2 saturated heterocycles. The van der Waals surface area contributed by atoms with Gasteiger partial charge in [-0.3, -0.25) is 4.79 Å². The highest BCUT2D eigenvalue weighted by Crippen LogP contribution is 2.24. The molecular weight excluding hydrogens is 402 g/mol. The molecule has 7 nitrogen and oxygen atoms in total. The molecule has 0 radical (unpaired) electrons. The molecule has 1 aromatic rings. The maximum absolute atomic E-state index is 12.9. The molecule has 2 aliphatic heterocycles. The quantitative estimate of drug-likeness (QED) is 0.763. The van der Waals surface area contributed by atoms with Gasteiger partial charge in [0.1, 0.15) is 6.10 Å². The van der Waals surface area contributed by atoms with Gasteiger partial charge < -0.3 is 15.4 Å². The Balaban J connectivity index is 0.00000280. The number of hydrogen-bond donors (Lipinski definition) is 1. The summed E-state index contributed by atoms with van der Waals surface area (Å²) in [4.78, 5) is 14.6. The fraction of sp³-hybridized carbons (Fsp3) is 0.632. The zero-order chi connectivity index (χ0) is 19.6. The van der Waals surface area contributed by atoms with Gasteiger partial charge in [0.25, 0.3) is 5.91 Å². The smallest absolute Gasteiger partial charge is 0.251 e. The lowest BCUT2D eigenvalue weighted by Crippen LogP contribution is -2.52. The molecule has 2 fully saturated rings. The van der Waals surface area contributed by atoms with E-state index in [4.69, 9.17) is 10.5 Å². The van der Waals surface area contributed by atoms with Crippen LogP contribution in [-0.2, 0) is 19.6 Å². The number of nitrogens with two attached hydrogens (primary N) is 1. The number of rotatable bonds is 5. The minimum atomic E-state index is -3.54. The lowest BCUT2D eigenvalue weighted by Gasteiger charge is -2.35. The summed E-state index contributed by atoms with van der Waals surface area (Å²) in [5.74, 6) is 0.303. The van der Waals surface area contributed by atoms with Gasteiger partial charge in [0.05, 0.1) is 11.0 Å². The molecule has 0 aliphatic carbocycles. The third-order valence-electron chi connectivity index (χ3n) is 5.38. The SMILES string of the molecule is CC(C)c1ccc(S(=O)(=O)N2CCN(C(=O)[C@@H]3CC[C@H](CN)O3)CC2)cc1.Cl. The van der Waals surface area contributed by atoms with E-state index in [0.717, 1.165) is 12.0 Å². The van der Waals surface area contributed by atoms with Crippen molar-refractivity contribution in [2.75, 3.05) is 32.7 Å². The second-order valence-electron chi connectivity index (χ2n) is 7.51. The standard InChI is InChI=1S/C19H29N3O4S.ClH/c1-14(2)15-3-6-17(7-4-15)27(24,25)22-11-9-21(10-12-22)19(23)18-8-5-16(13-20)26-18;/h3-4,6-7,14,16,18H,5,8-13,20H2,1-2H3;1H/t16-,18+;/m1./s1. The number of carbonyl (C=O) groups is 1. The van der Waals surface area contributed by atoms with Crippen LogP contribution in [0.3, 0.4) is 0 Å². The summed E-state index contributed by atoms with van der Waals surface area (Å²) in [6.07, 6.45) is 0.995. The van der Waals surface area contributed by atoms with Crippen LogP contribution in [0.15, 0.2) is 29.2 Å². The average molecular weight is 432 g/mol. The van der Waals surface area contributed by atoms with E-state index >= 15 is 0 Å². The number of nitrogens with zero attached hydrogens (tertiary/aromatic N) is 2. The van der Waals surface area contributed by atoms with Gasteiger partial charge in [-0.05, 0) is 36.5 Å². The number of sulfonamides is 1. The van der Waals surface area contributed by atoms with Gasteiger partial charge in [0, 0.05) is 32.7 Å². The van der Waals surface area contributed by atoms with E-state index in [-0.39, 0.29) is 24.4 Å². The Morgan fingerprint density at radius 3 is 2.25 bits per heavy atom. The molecule has 2 N–H and O–H groups in total. The van der Waals surface area contributed by atoms with Gasteiger partial charge in [-0.25, -0.2) is 8.42 Å². The zero-order valence-electron chi connectivity index (χ0n) is 16.4. The Morgan fingerprint density at radius 1 is 1.14 bits per heavy atom. The van der Waals surface area contributed by atoms with Crippen LogP contribution < -0.4 is 5.73 Å². The van der Waals surface area contributed by atoms with Crippen LogP contribution >= 0.6 is 12.4 Å². The van der Waals surface area contributed by atoms with Crippen LogP contribution in [0.25, 0.3) is 0 Å². The molecule has 0 aromatic heterocycles. The monoisotopic (exact) mass is 431 g/mol. The van der Waals surface area contributed by atoms with Crippen molar-refractivity contribution in [1.82, 2.24) is 9.21 Å². The van der Waals surface area contributed by atoms with Crippen molar-refractivity contribution in [3.05, 3.63) is 29.8 Å². The van der Waals surface area contributed by atoms with Gasteiger partial charge in [0.15, 0.2) is 0 Å². The Hall–Kier alpha value is -1.19. The second-order valence-corrected chi connectivity index (χ2v) is 9.45. The molecule has 9 heteroatoms. The highest BCUT2D eigenvalue weighted by molar-refractivity contribution is 7.89. The van der Waals surface area contributed by atoms with Crippen LogP contribution in [0.2, 0.25) is 0 Å². The van der Waals surface area contributed by atoms with Crippen molar-refractivity contribution in [3.63, 3.8) is 0 Å². The predicted octanol–water partition coefficient (Wildman–Crippen LogP) is 1.57. The lowest BCUT2D eigenvalue weighted by molar-refractivity contribution is -0.143. The van der Waals surface area contributed by atoms with Crippen molar-refractivity contribution in [1.29, 1.82) is 0 Å². The number of piperazine rings is 1. The molecule has 158 valence electrons. The number of ether oxygens (including phenoxy) is 1. The summed E-state index contributed by atoms with van der Waals surface area (Å²) in [5, 5.41) is 0. The Labute approximate surface area is 173 Å². The predicted molar refractivity (Wildman–Crippen MR) is 110 cm³/mol.